The van der Waals surface area contributed by atoms with Crippen molar-refractivity contribution in [2.45, 2.75) is 26.3 Å². The Hall–Kier alpha value is -1.79. The fourth-order valence-corrected chi connectivity index (χ4v) is 2.21. The Morgan fingerprint density at radius 3 is 2.68 bits per heavy atom. The number of nitrogens with zero attached hydrogens (tertiary/aromatic N) is 3. The zero-order valence-electron chi connectivity index (χ0n) is 11.3. The van der Waals surface area contributed by atoms with E-state index in [0.717, 1.165) is 22.5 Å². The highest BCUT2D eigenvalue weighted by atomic mass is 19.1. The Bertz CT molecular complexity index is 578. The first-order valence-corrected chi connectivity index (χ1v) is 6.08. The zero-order chi connectivity index (χ0) is 14.0. The number of hydrazine groups is 1. The van der Waals surface area contributed by atoms with Gasteiger partial charge < -0.3 is 0 Å². The molecule has 1 atom stereocenters. The highest BCUT2D eigenvalue weighted by molar-refractivity contribution is 5.28. The summed E-state index contributed by atoms with van der Waals surface area (Å²) in [6.07, 6.45) is 3.44. The van der Waals surface area contributed by atoms with Gasteiger partial charge in [0.1, 0.15) is 5.82 Å². The molecule has 102 valence electrons. The Morgan fingerprint density at radius 1 is 1.42 bits per heavy atom. The second-order valence-electron chi connectivity index (χ2n) is 4.63. The van der Waals surface area contributed by atoms with Crippen LogP contribution >= 0.6 is 0 Å². The van der Waals surface area contributed by atoms with Crippen LogP contribution in [0.4, 0.5) is 4.39 Å². The second-order valence-corrected chi connectivity index (χ2v) is 4.63. The molecule has 0 aliphatic heterocycles. The molecule has 19 heavy (non-hydrogen) atoms. The predicted octanol–water partition coefficient (Wildman–Crippen LogP) is 1.32. The van der Waals surface area contributed by atoms with Gasteiger partial charge in [-0.3, -0.25) is 20.9 Å². The molecule has 0 aromatic carbocycles. The van der Waals surface area contributed by atoms with E-state index in [1.54, 1.807) is 6.20 Å². The number of nitrogens with one attached hydrogen (secondary N) is 1. The van der Waals surface area contributed by atoms with Gasteiger partial charge in [0.05, 0.1) is 17.9 Å². The Morgan fingerprint density at radius 2 is 2.16 bits per heavy atom. The third-order valence-electron chi connectivity index (χ3n) is 3.40. The van der Waals surface area contributed by atoms with Gasteiger partial charge in [-0.05, 0) is 37.5 Å². The topological polar surface area (TPSA) is 68.8 Å². The van der Waals surface area contributed by atoms with Gasteiger partial charge in [-0.25, -0.2) is 4.39 Å². The summed E-state index contributed by atoms with van der Waals surface area (Å²) in [7, 11) is 1.90. The summed E-state index contributed by atoms with van der Waals surface area (Å²) in [5.74, 6) is 5.22. The molecule has 0 aliphatic rings. The minimum atomic E-state index is -0.364. The van der Waals surface area contributed by atoms with Gasteiger partial charge in [-0.1, -0.05) is 0 Å². The van der Waals surface area contributed by atoms with Crippen molar-refractivity contribution < 1.29 is 4.39 Å². The van der Waals surface area contributed by atoms with Crippen molar-refractivity contribution in [3.8, 4) is 0 Å². The number of halogens is 1. The van der Waals surface area contributed by atoms with Gasteiger partial charge in [0, 0.05) is 18.9 Å². The van der Waals surface area contributed by atoms with Crippen molar-refractivity contribution in [2.24, 2.45) is 12.9 Å². The average molecular weight is 263 g/mol. The molecule has 6 heteroatoms. The van der Waals surface area contributed by atoms with Crippen LogP contribution in [0.3, 0.4) is 0 Å². The summed E-state index contributed by atoms with van der Waals surface area (Å²) in [5.41, 5.74) is 6.61. The largest absolute Gasteiger partial charge is 0.272 e. The van der Waals surface area contributed by atoms with Crippen LogP contribution in [0.5, 0.6) is 0 Å². The molecule has 2 aromatic rings. The molecular weight excluding hydrogens is 245 g/mol. The van der Waals surface area contributed by atoms with Crippen molar-refractivity contribution in [1.82, 2.24) is 20.2 Å². The van der Waals surface area contributed by atoms with Gasteiger partial charge in [-0.15, -0.1) is 0 Å². The third kappa shape index (κ3) is 2.80. The van der Waals surface area contributed by atoms with Gasteiger partial charge >= 0.3 is 0 Å². The highest BCUT2D eigenvalue weighted by Crippen LogP contribution is 2.21. The van der Waals surface area contributed by atoms with Crippen molar-refractivity contribution in [3.05, 3.63) is 46.8 Å². The fourth-order valence-electron chi connectivity index (χ4n) is 2.21. The summed E-state index contributed by atoms with van der Waals surface area (Å²) in [6.45, 7) is 3.96. The quantitative estimate of drug-likeness (QED) is 0.645. The summed E-state index contributed by atoms with van der Waals surface area (Å²) in [5, 5.41) is 4.37. The van der Waals surface area contributed by atoms with E-state index in [0.29, 0.717) is 6.42 Å². The van der Waals surface area contributed by atoms with E-state index in [9.17, 15) is 4.39 Å². The first-order chi connectivity index (χ1) is 9.02. The molecule has 5 nitrogen and oxygen atoms in total. The van der Waals surface area contributed by atoms with Crippen LogP contribution in [0.25, 0.3) is 0 Å². The standard InChI is InChI=1S/C13H18FN5/c1-8-12(9(2)19(3)18-8)5-13(17-15)10-4-11(14)7-16-6-10/h4,6-7,13,17H,5,15H2,1-3H3. The minimum Gasteiger partial charge on any atom is -0.272 e. The number of hydrogen-bond acceptors (Lipinski definition) is 4. The molecule has 2 aromatic heterocycles. The van der Waals surface area contributed by atoms with E-state index < -0.39 is 0 Å². The number of nitrogens with two attached hydrogens (primary N) is 1. The number of rotatable bonds is 4. The van der Waals surface area contributed by atoms with E-state index in [-0.39, 0.29) is 11.9 Å². The molecule has 3 N–H and O–H groups in total. The van der Waals surface area contributed by atoms with Crippen molar-refractivity contribution in [2.75, 3.05) is 0 Å². The van der Waals surface area contributed by atoms with Gasteiger partial charge in [0.25, 0.3) is 0 Å². The molecule has 2 heterocycles. The number of aromatic nitrogens is 3. The van der Waals surface area contributed by atoms with Crippen LogP contribution in [0.1, 0.15) is 28.6 Å². The van der Waals surface area contributed by atoms with Gasteiger partial charge in [0.2, 0.25) is 0 Å². The lowest BCUT2D eigenvalue weighted by molar-refractivity contribution is 0.538. The predicted molar refractivity (Wildman–Crippen MR) is 70.6 cm³/mol. The highest BCUT2D eigenvalue weighted by Gasteiger charge is 2.17. The maximum Gasteiger partial charge on any atom is 0.141 e. The van der Waals surface area contributed by atoms with E-state index in [1.165, 1.54) is 12.3 Å². The third-order valence-corrected chi connectivity index (χ3v) is 3.40. The van der Waals surface area contributed by atoms with E-state index in [4.69, 9.17) is 5.84 Å². The number of pyridine rings is 1. The molecule has 0 radical (unpaired) electrons. The molecule has 0 aliphatic carbocycles. The SMILES string of the molecule is Cc1nn(C)c(C)c1CC(NN)c1cncc(F)c1. The lowest BCUT2D eigenvalue weighted by Crippen LogP contribution is -2.30. The molecule has 0 saturated carbocycles. The van der Waals surface area contributed by atoms with Gasteiger partial charge in [0.15, 0.2) is 0 Å². The number of aryl methyl sites for hydroxylation is 2. The van der Waals surface area contributed by atoms with Crippen molar-refractivity contribution in [1.29, 1.82) is 0 Å². The molecule has 0 fully saturated rings. The van der Waals surface area contributed by atoms with Crippen LogP contribution < -0.4 is 11.3 Å². The summed E-state index contributed by atoms with van der Waals surface area (Å²) in [6, 6.07) is 1.25. The van der Waals surface area contributed by atoms with Crippen LogP contribution in [0.2, 0.25) is 0 Å². The minimum absolute atomic E-state index is 0.190. The molecule has 0 saturated heterocycles. The van der Waals surface area contributed by atoms with E-state index in [2.05, 4.69) is 15.5 Å². The first kappa shape index (κ1) is 13.6. The molecule has 0 amide bonds. The Balaban J connectivity index is 2.29. The summed E-state index contributed by atoms with van der Waals surface area (Å²) >= 11 is 0. The summed E-state index contributed by atoms with van der Waals surface area (Å²) < 4.78 is 15.1. The monoisotopic (exact) mass is 263 g/mol. The average Bonchev–Trinajstić information content (AvgIpc) is 2.61. The smallest absolute Gasteiger partial charge is 0.141 e. The first-order valence-electron chi connectivity index (χ1n) is 6.08. The zero-order valence-corrected chi connectivity index (χ0v) is 11.3. The van der Waals surface area contributed by atoms with Crippen LogP contribution in [-0.4, -0.2) is 14.8 Å². The van der Waals surface area contributed by atoms with E-state index in [1.807, 2.05) is 25.6 Å². The number of hydrogen-bond donors (Lipinski definition) is 2. The van der Waals surface area contributed by atoms with Crippen molar-refractivity contribution in [3.63, 3.8) is 0 Å². The van der Waals surface area contributed by atoms with Crippen molar-refractivity contribution >= 4 is 0 Å². The Kier molecular flexibility index (Phi) is 3.92. The van der Waals surface area contributed by atoms with E-state index >= 15 is 0 Å². The Labute approximate surface area is 111 Å². The molecule has 0 bridgehead atoms. The molecule has 2 rings (SSSR count). The molecule has 1 unspecified atom stereocenters. The van der Waals surface area contributed by atoms with Crippen LogP contribution in [0.15, 0.2) is 18.5 Å². The fraction of sp³-hybridized carbons (Fsp3) is 0.385. The molecular formula is C13H18FN5. The molecule has 0 spiro atoms. The maximum absolute atomic E-state index is 13.2. The summed E-state index contributed by atoms with van der Waals surface area (Å²) in [4.78, 5) is 3.85. The van der Waals surface area contributed by atoms with Crippen LogP contribution in [-0.2, 0) is 13.5 Å². The van der Waals surface area contributed by atoms with Crippen LogP contribution in [0, 0.1) is 19.7 Å². The second kappa shape index (κ2) is 5.46. The maximum atomic E-state index is 13.2. The van der Waals surface area contributed by atoms with Gasteiger partial charge in [-0.2, -0.15) is 5.10 Å². The lowest BCUT2D eigenvalue weighted by atomic mass is 9.99. The normalized spacial score (nSPS) is 12.7. The lowest BCUT2D eigenvalue weighted by Gasteiger charge is -2.16.